The maximum Gasteiger partial charge on any atom is 0.407 e. The van der Waals surface area contributed by atoms with Gasteiger partial charge in [0.1, 0.15) is 5.60 Å². The van der Waals surface area contributed by atoms with E-state index in [1.54, 1.807) is 0 Å². The summed E-state index contributed by atoms with van der Waals surface area (Å²) in [5, 5.41) is 6.41. The lowest BCUT2D eigenvalue weighted by atomic mass is 10.0. The van der Waals surface area contributed by atoms with Crippen LogP contribution >= 0.6 is 0 Å². The topological polar surface area (TPSA) is 50.4 Å². The van der Waals surface area contributed by atoms with E-state index in [1.165, 1.54) is 11.1 Å². The molecule has 1 rings (SSSR count). The summed E-state index contributed by atoms with van der Waals surface area (Å²) < 4.78 is 5.29. The van der Waals surface area contributed by atoms with Gasteiger partial charge in [0, 0.05) is 19.1 Å². The maximum absolute atomic E-state index is 11.8. The van der Waals surface area contributed by atoms with E-state index in [0.717, 1.165) is 13.0 Å². The Hall–Kier alpha value is -1.55. The molecule has 1 unspecified atom stereocenters. The van der Waals surface area contributed by atoms with Crippen molar-refractivity contribution in [3.05, 3.63) is 35.4 Å². The summed E-state index contributed by atoms with van der Waals surface area (Å²) in [5.74, 6) is 0.561. The first kappa shape index (κ1) is 19.5. The Morgan fingerprint density at radius 2 is 1.96 bits per heavy atom. The van der Waals surface area contributed by atoms with Gasteiger partial charge in [0.2, 0.25) is 0 Å². The number of rotatable bonds is 7. The van der Waals surface area contributed by atoms with Crippen molar-refractivity contribution in [2.75, 3.05) is 6.54 Å². The number of amides is 1. The molecule has 0 fully saturated rings. The number of carbonyl (C=O) groups excluding carboxylic acids is 1. The Balaban J connectivity index is 2.50. The van der Waals surface area contributed by atoms with Gasteiger partial charge in [-0.15, -0.1) is 0 Å². The number of ether oxygens (including phenoxy) is 1. The molecule has 1 aromatic rings. The molecule has 0 spiro atoms. The van der Waals surface area contributed by atoms with Gasteiger partial charge >= 0.3 is 6.09 Å². The molecule has 1 aromatic carbocycles. The second kappa shape index (κ2) is 8.92. The molecule has 0 aliphatic carbocycles. The minimum Gasteiger partial charge on any atom is -0.444 e. The Morgan fingerprint density at radius 1 is 1.26 bits per heavy atom. The first-order valence-electron chi connectivity index (χ1n) is 8.41. The highest BCUT2D eigenvalue weighted by Crippen LogP contribution is 2.09. The zero-order valence-corrected chi connectivity index (χ0v) is 15.4. The fraction of sp³-hybridized carbons (Fsp3) is 0.632. The molecule has 0 radical (unpaired) electrons. The predicted octanol–water partition coefficient (Wildman–Crippen LogP) is 4.02. The lowest BCUT2D eigenvalue weighted by Gasteiger charge is -2.24. The fourth-order valence-electron chi connectivity index (χ4n) is 2.41. The number of hydrogen-bond acceptors (Lipinski definition) is 3. The molecular weight excluding hydrogens is 288 g/mol. The van der Waals surface area contributed by atoms with Crippen molar-refractivity contribution in [1.82, 2.24) is 10.6 Å². The van der Waals surface area contributed by atoms with Gasteiger partial charge in [-0.3, -0.25) is 0 Å². The highest BCUT2D eigenvalue weighted by Gasteiger charge is 2.18. The highest BCUT2D eigenvalue weighted by atomic mass is 16.6. The third-order valence-corrected chi connectivity index (χ3v) is 3.32. The summed E-state index contributed by atoms with van der Waals surface area (Å²) in [7, 11) is 0. The first-order valence-corrected chi connectivity index (χ1v) is 8.41. The Kier molecular flexibility index (Phi) is 7.56. The molecule has 0 aliphatic heterocycles. The summed E-state index contributed by atoms with van der Waals surface area (Å²) in [5.41, 5.74) is 2.06. The van der Waals surface area contributed by atoms with E-state index in [0.29, 0.717) is 12.5 Å². The molecule has 4 nitrogen and oxygen atoms in total. The van der Waals surface area contributed by atoms with E-state index >= 15 is 0 Å². The van der Waals surface area contributed by atoms with Gasteiger partial charge in [-0.1, -0.05) is 43.7 Å². The Morgan fingerprint density at radius 3 is 2.52 bits per heavy atom. The first-order chi connectivity index (χ1) is 10.7. The van der Waals surface area contributed by atoms with Gasteiger partial charge in [0.15, 0.2) is 0 Å². The van der Waals surface area contributed by atoms with Crippen LogP contribution in [0, 0.1) is 12.8 Å². The minimum atomic E-state index is -0.466. The molecule has 2 N–H and O–H groups in total. The van der Waals surface area contributed by atoms with Crippen molar-refractivity contribution >= 4 is 6.09 Å². The monoisotopic (exact) mass is 320 g/mol. The molecule has 0 saturated carbocycles. The molecule has 130 valence electrons. The van der Waals surface area contributed by atoms with Crippen LogP contribution in [0.15, 0.2) is 24.3 Å². The molecule has 0 aliphatic rings. The third-order valence-electron chi connectivity index (χ3n) is 3.32. The van der Waals surface area contributed by atoms with Gasteiger partial charge in [-0.2, -0.15) is 0 Å². The molecular formula is C19H32N2O2. The molecule has 4 heteroatoms. The summed E-state index contributed by atoms with van der Waals surface area (Å²) >= 11 is 0. The normalized spacial score (nSPS) is 13.0. The molecule has 0 heterocycles. The molecule has 1 atom stereocenters. The highest BCUT2D eigenvalue weighted by molar-refractivity contribution is 5.67. The van der Waals surface area contributed by atoms with Crippen molar-refractivity contribution < 1.29 is 9.53 Å². The smallest absolute Gasteiger partial charge is 0.407 e. The predicted molar refractivity (Wildman–Crippen MR) is 95.5 cm³/mol. The second-order valence-corrected chi connectivity index (χ2v) is 7.58. The van der Waals surface area contributed by atoms with Crippen LogP contribution in [0.2, 0.25) is 0 Å². The number of nitrogens with one attached hydrogen (secondary N) is 2. The van der Waals surface area contributed by atoms with Gasteiger partial charge in [-0.05, 0) is 45.6 Å². The van der Waals surface area contributed by atoms with Crippen LogP contribution in [0.1, 0.15) is 52.2 Å². The number of alkyl carbamates (subject to hydrolysis) is 1. The quantitative estimate of drug-likeness (QED) is 0.797. The van der Waals surface area contributed by atoms with Crippen LogP contribution in [-0.4, -0.2) is 24.3 Å². The van der Waals surface area contributed by atoms with Crippen molar-refractivity contribution in [3.63, 3.8) is 0 Å². The van der Waals surface area contributed by atoms with E-state index in [9.17, 15) is 4.79 Å². The molecule has 1 amide bonds. The number of carbonyl (C=O) groups is 1. The summed E-state index contributed by atoms with van der Waals surface area (Å²) in [4.78, 5) is 11.8. The van der Waals surface area contributed by atoms with Crippen molar-refractivity contribution in [2.24, 2.45) is 5.92 Å². The van der Waals surface area contributed by atoms with Crippen molar-refractivity contribution in [3.8, 4) is 0 Å². The van der Waals surface area contributed by atoms with Crippen LogP contribution in [0.5, 0.6) is 0 Å². The zero-order valence-electron chi connectivity index (χ0n) is 15.4. The van der Waals surface area contributed by atoms with Crippen molar-refractivity contribution in [1.29, 1.82) is 0 Å². The average molecular weight is 320 g/mol. The van der Waals surface area contributed by atoms with Crippen LogP contribution in [0.25, 0.3) is 0 Å². The summed E-state index contributed by atoms with van der Waals surface area (Å²) in [6.07, 6.45) is 0.644. The fourth-order valence-corrected chi connectivity index (χ4v) is 2.41. The largest absolute Gasteiger partial charge is 0.444 e. The van der Waals surface area contributed by atoms with Crippen LogP contribution in [-0.2, 0) is 11.3 Å². The van der Waals surface area contributed by atoms with E-state index in [-0.39, 0.29) is 12.1 Å². The van der Waals surface area contributed by atoms with Gasteiger partial charge in [-0.25, -0.2) is 4.79 Å². The Labute approximate surface area is 141 Å². The number of benzene rings is 1. The zero-order chi connectivity index (χ0) is 17.5. The average Bonchev–Trinajstić information content (AvgIpc) is 2.39. The maximum atomic E-state index is 11.8. The number of hydrogen-bond donors (Lipinski definition) is 2. The van der Waals surface area contributed by atoms with Gasteiger partial charge in [0.25, 0.3) is 0 Å². The Bertz CT molecular complexity index is 492. The van der Waals surface area contributed by atoms with Crippen LogP contribution in [0.3, 0.4) is 0 Å². The standard InChI is InChI=1S/C19H32N2O2/c1-14(2)10-17(13-21-18(22)23-19(4,5)6)20-12-16-9-7-8-15(3)11-16/h7-9,11,14,17,20H,10,12-13H2,1-6H3,(H,21,22). The van der Waals surface area contributed by atoms with Gasteiger partial charge < -0.3 is 15.4 Å². The lowest BCUT2D eigenvalue weighted by molar-refractivity contribution is 0.0521. The van der Waals surface area contributed by atoms with E-state index in [2.05, 4.69) is 55.7 Å². The van der Waals surface area contributed by atoms with E-state index in [1.807, 2.05) is 20.8 Å². The van der Waals surface area contributed by atoms with E-state index < -0.39 is 5.60 Å². The summed E-state index contributed by atoms with van der Waals surface area (Å²) in [6, 6.07) is 8.69. The summed E-state index contributed by atoms with van der Waals surface area (Å²) in [6.45, 7) is 13.5. The van der Waals surface area contributed by atoms with Crippen LogP contribution < -0.4 is 10.6 Å². The minimum absolute atomic E-state index is 0.225. The van der Waals surface area contributed by atoms with Gasteiger partial charge in [0.05, 0.1) is 0 Å². The second-order valence-electron chi connectivity index (χ2n) is 7.58. The molecule has 0 aromatic heterocycles. The third kappa shape index (κ3) is 9.24. The number of aryl methyl sites for hydroxylation is 1. The van der Waals surface area contributed by atoms with Crippen LogP contribution in [0.4, 0.5) is 4.79 Å². The molecule has 0 bridgehead atoms. The van der Waals surface area contributed by atoms with Crippen molar-refractivity contribution in [2.45, 2.75) is 66.2 Å². The molecule has 0 saturated heterocycles. The SMILES string of the molecule is Cc1cccc(CNC(CNC(=O)OC(C)(C)C)CC(C)C)c1. The lowest BCUT2D eigenvalue weighted by Crippen LogP contribution is -2.43. The van der Waals surface area contributed by atoms with E-state index in [4.69, 9.17) is 4.74 Å². The molecule has 23 heavy (non-hydrogen) atoms.